The molecular weight excluding hydrogens is 172 g/mol. The van der Waals surface area contributed by atoms with Crippen LogP contribution in [0.5, 0.6) is 0 Å². The number of anilines is 1. The highest BCUT2D eigenvalue weighted by molar-refractivity contribution is 5.54. The number of fused-ring (bicyclic) bond motifs is 1. The molecular formula is C12H14N2. The maximum Gasteiger partial charge on any atom is 0.0373 e. The fraction of sp³-hybridized carbons (Fsp3) is 0.167. The molecule has 3 rings (SSSR count). The van der Waals surface area contributed by atoms with E-state index in [9.17, 15) is 0 Å². The van der Waals surface area contributed by atoms with E-state index >= 15 is 0 Å². The normalized spacial score (nSPS) is 12.3. The molecule has 14 heavy (non-hydrogen) atoms. The van der Waals surface area contributed by atoms with E-state index in [0.717, 1.165) is 6.54 Å². The summed E-state index contributed by atoms with van der Waals surface area (Å²) in [6, 6.07) is 12.3. The molecule has 0 radical (unpaired) electrons. The molecule has 0 spiro atoms. The smallest absolute Gasteiger partial charge is 0.0373 e. The molecule has 2 heteroatoms. The predicted octanol–water partition coefficient (Wildman–Crippen LogP) is 2.67. The number of H-pyrrole nitrogens is 1. The van der Waals surface area contributed by atoms with Crippen molar-refractivity contribution < 1.29 is 0 Å². The standard InChI is InChI=1S/C8H9N.C4H5N/c1-2-4-8-7(3-1)5-6-9-8;1-2-4-5-3-1/h1-4,9H,5-6H2;1-5H. The molecule has 2 aromatic rings. The van der Waals surface area contributed by atoms with Gasteiger partial charge < -0.3 is 10.3 Å². The molecule has 0 saturated heterocycles. The number of benzene rings is 1. The highest BCUT2D eigenvalue weighted by Crippen LogP contribution is 2.19. The lowest BCUT2D eigenvalue weighted by Gasteiger charge is -1.94. The fourth-order valence-electron chi connectivity index (χ4n) is 1.52. The van der Waals surface area contributed by atoms with Crippen molar-refractivity contribution in [2.45, 2.75) is 6.42 Å². The van der Waals surface area contributed by atoms with Crippen molar-refractivity contribution in [3.63, 3.8) is 0 Å². The average Bonchev–Trinajstić information content (AvgIpc) is 2.92. The Labute approximate surface area is 84.0 Å². The van der Waals surface area contributed by atoms with Crippen molar-refractivity contribution in [3.8, 4) is 0 Å². The van der Waals surface area contributed by atoms with Crippen molar-refractivity contribution in [2.75, 3.05) is 11.9 Å². The Morgan fingerprint density at radius 3 is 2.36 bits per heavy atom. The van der Waals surface area contributed by atoms with E-state index in [1.165, 1.54) is 17.7 Å². The maximum atomic E-state index is 3.30. The summed E-state index contributed by atoms with van der Waals surface area (Å²) in [6.45, 7) is 1.11. The zero-order chi connectivity index (χ0) is 9.64. The highest BCUT2D eigenvalue weighted by atomic mass is 14.9. The number of para-hydroxylation sites is 1. The van der Waals surface area contributed by atoms with Crippen LogP contribution in [0.15, 0.2) is 48.8 Å². The first kappa shape index (κ1) is 8.88. The van der Waals surface area contributed by atoms with Gasteiger partial charge in [-0.25, -0.2) is 0 Å². The lowest BCUT2D eigenvalue weighted by molar-refractivity contribution is 1.11. The molecule has 2 N–H and O–H groups in total. The molecule has 1 aromatic heterocycles. The van der Waals surface area contributed by atoms with Crippen molar-refractivity contribution in [1.82, 2.24) is 4.98 Å². The minimum Gasteiger partial charge on any atom is -0.384 e. The van der Waals surface area contributed by atoms with Gasteiger partial charge in [-0.1, -0.05) is 18.2 Å². The lowest BCUT2D eigenvalue weighted by Crippen LogP contribution is -1.90. The third-order valence-electron chi connectivity index (χ3n) is 2.22. The van der Waals surface area contributed by atoms with Gasteiger partial charge in [0.05, 0.1) is 0 Å². The molecule has 0 amide bonds. The zero-order valence-electron chi connectivity index (χ0n) is 8.03. The van der Waals surface area contributed by atoms with Crippen molar-refractivity contribution in [3.05, 3.63) is 54.4 Å². The molecule has 0 saturated carbocycles. The second-order valence-electron chi connectivity index (χ2n) is 3.22. The van der Waals surface area contributed by atoms with Gasteiger partial charge in [-0.15, -0.1) is 0 Å². The van der Waals surface area contributed by atoms with E-state index in [2.05, 4.69) is 34.6 Å². The van der Waals surface area contributed by atoms with Crippen LogP contribution in [-0.2, 0) is 6.42 Å². The summed E-state index contributed by atoms with van der Waals surface area (Å²) in [7, 11) is 0. The summed E-state index contributed by atoms with van der Waals surface area (Å²) < 4.78 is 0. The fourth-order valence-corrected chi connectivity index (χ4v) is 1.52. The number of hydrogen-bond donors (Lipinski definition) is 2. The van der Waals surface area contributed by atoms with Gasteiger partial charge in [-0.2, -0.15) is 0 Å². The van der Waals surface area contributed by atoms with Gasteiger partial charge in [0.2, 0.25) is 0 Å². The zero-order valence-corrected chi connectivity index (χ0v) is 8.03. The van der Waals surface area contributed by atoms with Crippen LogP contribution in [0.4, 0.5) is 5.69 Å². The summed E-state index contributed by atoms with van der Waals surface area (Å²) in [5, 5.41) is 3.30. The quantitative estimate of drug-likeness (QED) is 0.650. The molecule has 72 valence electrons. The summed E-state index contributed by atoms with van der Waals surface area (Å²) in [6.07, 6.45) is 4.94. The number of aromatic nitrogens is 1. The van der Waals surface area contributed by atoms with Gasteiger partial charge in [0, 0.05) is 24.6 Å². The largest absolute Gasteiger partial charge is 0.384 e. The minimum absolute atomic E-state index is 1.11. The van der Waals surface area contributed by atoms with Gasteiger partial charge in [0.25, 0.3) is 0 Å². The first-order chi connectivity index (χ1) is 6.97. The van der Waals surface area contributed by atoms with E-state index in [1.54, 1.807) is 0 Å². The summed E-state index contributed by atoms with van der Waals surface area (Å²) in [5.41, 5.74) is 2.77. The predicted molar refractivity (Wildman–Crippen MR) is 59.4 cm³/mol. The highest BCUT2D eigenvalue weighted by Gasteiger charge is 2.05. The molecule has 1 aromatic carbocycles. The van der Waals surface area contributed by atoms with Crippen molar-refractivity contribution in [2.24, 2.45) is 0 Å². The van der Waals surface area contributed by atoms with Crippen molar-refractivity contribution in [1.29, 1.82) is 0 Å². The average molecular weight is 186 g/mol. The molecule has 0 unspecified atom stereocenters. The second-order valence-corrected chi connectivity index (χ2v) is 3.22. The Morgan fingerprint density at radius 1 is 0.929 bits per heavy atom. The van der Waals surface area contributed by atoms with Gasteiger partial charge in [0.15, 0.2) is 0 Å². The Morgan fingerprint density at radius 2 is 1.71 bits per heavy atom. The first-order valence-corrected chi connectivity index (χ1v) is 4.86. The molecule has 2 nitrogen and oxygen atoms in total. The number of hydrogen-bond acceptors (Lipinski definition) is 1. The molecule has 0 atom stereocenters. The van der Waals surface area contributed by atoms with Crippen LogP contribution < -0.4 is 5.32 Å². The van der Waals surface area contributed by atoms with Crippen LogP contribution in [-0.4, -0.2) is 11.5 Å². The van der Waals surface area contributed by atoms with Gasteiger partial charge in [0.1, 0.15) is 0 Å². The third kappa shape index (κ3) is 2.16. The summed E-state index contributed by atoms with van der Waals surface area (Å²) in [5.74, 6) is 0. The maximum absolute atomic E-state index is 3.30. The summed E-state index contributed by atoms with van der Waals surface area (Å²) >= 11 is 0. The van der Waals surface area contributed by atoms with E-state index in [0.29, 0.717) is 0 Å². The Kier molecular flexibility index (Phi) is 2.86. The third-order valence-corrected chi connectivity index (χ3v) is 2.22. The van der Waals surface area contributed by atoms with E-state index < -0.39 is 0 Å². The Hall–Kier alpha value is -1.70. The molecule has 2 heterocycles. The second kappa shape index (κ2) is 4.51. The number of aromatic amines is 1. The molecule has 0 fully saturated rings. The van der Waals surface area contributed by atoms with Crippen LogP contribution in [0, 0.1) is 0 Å². The Balaban J connectivity index is 0.000000128. The van der Waals surface area contributed by atoms with Crippen LogP contribution in [0.1, 0.15) is 5.56 Å². The molecule has 0 aliphatic carbocycles. The molecule has 0 bridgehead atoms. The number of rotatable bonds is 0. The van der Waals surface area contributed by atoms with Gasteiger partial charge in [-0.05, 0) is 30.2 Å². The summed E-state index contributed by atoms with van der Waals surface area (Å²) in [4.78, 5) is 2.86. The van der Waals surface area contributed by atoms with E-state index in [-0.39, 0.29) is 0 Å². The van der Waals surface area contributed by atoms with Crippen LogP contribution in [0.25, 0.3) is 0 Å². The van der Waals surface area contributed by atoms with Gasteiger partial charge >= 0.3 is 0 Å². The van der Waals surface area contributed by atoms with Crippen molar-refractivity contribution >= 4 is 5.69 Å². The molecule has 1 aliphatic heterocycles. The van der Waals surface area contributed by atoms with Crippen LogP contribution in [0.2, 0.25) is 0 Å². The monoisotopic (exact) mass is 186 g/mol. The lowest BCUT2D eigenvalue weighted by atomic mass is 10.2. The minimum atomic E-state index is 1.11. The Bertz CT molecular complexity index is 325. The first-order valence-electron chi connectivity index (χ1n) is 4.86. The van der Waals surface area contributed by atoms with Crippen LogP contribution >= 0.6 is 0 Å². The van der Waals surface area contributed by atoms with E-state index in [1.807, 2.05) is 24.5 Å². The SMILES string of the molecule is c1cc[nH]c1.c1ccc2c(c1)CCN2. The topological polar surface area (TPSA) is 27.8 Å². The van der Waals surface area contributed by atoms with Crippen LogP contribution in [0.3, 0.4) is 0 Å². The number of nitrogens with one attached hydrogen (secondary N) is 2. The molecule has 1 aliphatic rings. The van der Waals surface area contributed by atoms with E-state index in [4.69, 9.17) is 0 Å². The van der Waals surface area contributed by atoms with Gasteiger partial charge in [-0.3, -0.25) is 0 Å².